The minimum atomic E-state index is -0.260. The van der Waals surface area contributed by atoms with E-state index in [2.05, 4.69) is 0 Å². The first kappa shape index (κ1) is 16.8. The molecular formula is C14H20O5S. The Labute approximate surface area is 123 Å². The minimum absolute atomic E-state index is 0.0602. The number of carbonyl (C=O) groups excluding carboxylic acids is 1. The molecule has 0 amide bonds. The Kier molecular flexibility index (Phi) is 8.10. The average molecular weight is 300 g/mol. The normalized spacial score (nSPS) is 17.1. The first-order valence-corrected chi connectivity index (χ1v) is 7.42. The van der Waals surface area contributed by atoms with E-state index in [0.717, 1.165) is 11.7 Å². The number of hydrogen-bond donors (Lipinski definition) is 0. The summed E-state index contributed by atoms with van der Waals surface area (Å²) in [6.07, 6.45) is 0.419. The van der Waals surface area contributed by atoms with Crippen molar-refractivity contribution in [1.29, 1.82) is 0 Å². The number of esters is 1. The summed E-state index contributed by atoms with van der Waals surface area (Å²) in [5, 5.41) is 0. The third-order valence-electron chi connectivity index (χ3n) is 2.44. The van der Waals surface area contributed by atoms with Crippen molar-refractivity contribution in [3.63, 3.8) is 0 Å². The monoisotopic (exact) mass is 300 g/mol. The molecule has 0 radical (unpaired) electrons. The van der Waals surface area contributed by atoms with Gasteiger partial charge in [0.1, 0.15) is 0 Å². The maximum Gasteiger partial charge on any atom is 0.311 e. The van der Waals surface area contributed by atoms with Gasteiger partial charge in [-0.3, -0.25) is 4.79 Å². The molecule has 112 valence electrons. The van der Waals surface area contributed by atoms with Crippen LogP contribution in [0.3, 0.4) is 0 Å². The first-order chi connectivity index (χ1) is 9.71. The summed E-state index contributed by atoms with van der Waals surface area (Å²) in [6.45, 7) is 1.75. The predicted molar refractivity (Wildman–Crippen MR) is 78.1 cm³/mol. The zero-order valence-corrected chi connectivity index (χ0v) is 12.8. The highest BCUT2D eigenvalue weighted by Crippen LogP contribution is 2.25. The number of ether oxygens (including phenoxy) is 4. The van der Waals surface area contributed by atoms with Crippen LogP contribution in [0.2, 0.25) is 0 Å². The van der Waals surface area contributed by atoms with E-state index >= 15 is 0 Å². The fourth-order valence-electron chi connectivity index (χ4n) is 1.35. The molecule has 2 rings (SSSR count). The van der Waals surface area contributed by atoms with Crippen molar-refractivity contribution in [1.82, 2.24) is 0 Å². The topological polar surface area (TPSA) is 54.0 Å². The van der Waals surface area contributed by atoms with Crippen LogP contribution in [0.1, 0.15) is 13.3 Å². The number of para-hydroxylation sites is 2. The molecule has 0 aliphatic carbocycles. The zero-order chi connectivity index (χ0) is 14.8. The van der Waals surface area contributed by atoms with Gasteiger partial charge in [0.15, 0.2) is 17.8 Å². The number of hydrogen-bond acceptors (Lipinski definition) is 6. The second kappa shape index (κ2) is 9.63. The molecule has 1 aromatic rings. The lowest BCUT2D eigenvalue weighted by Crippen LogP contribution is -2.09. The molecule has 1 unspecified atom stereocenters. The Morgan fingerprint density at radius 3 is 2.50 bits per heavy atom. The molecule has 6 heteroatoms. The summed E-state index contributed by atoms with van der Waals surface area (Å²) in [6, 6.07) is 7.06. The van der Waals surface area contributed by atoms with E-state index in [9.17, 15) is 4.79 Å². The summed E-state index contributed by atoms with van der Waals surface area (Å²) >= 11 is 1.76. The number of carbonyl (C=O) groups is 1. The van der Waals surface area contributed by atoms with Crippen molar-refractivity contribution in [2.75, 3.05) is 25.9 Å². The molecule has 1 heterocycles. The highest BCUT2D eigenvalue weighted by Gasteiger charge is 2.13. The molecule has 1 saturated heterocycles. The maximum absolute atomic E-state index is 11.0. The Hall–Kier alpha value is -1.24. The van der Waals surface area contributed by atoms with Crippen LogP contribution in [0.4, 0.5) is 0 Å². The van der Waals surface area contributed by atoms with Crippen LogP contribution in [-0.2, 0) is 14.3 Å². The predicted octanol–water partition coefficient (Wildman–Crippen LogP) is 2.69. The summed E-state index contributed by atoms with van der Waals surface area (Å²) < 4.78 is 19.9. The van der Waals surface area contributed by atoms with Crippen LogP contribution < -0.4 is 9.47 Å². The van der Waals surface area contributed by atoms with Crippen LogP contribution >= 0.6 is 11.8 Å². The summed E-state index contributed by atoms with van der Waals surface area (Å²) in [5.74, 6) is 2.56. The lowest BCUT2D eigenvalue weighted by molar-refractivity contribution is -0.134. The van der Waals surface area contributed by atoms with Gasteiger partial charge in [-0.1, -0.05) is 19.1 Å². The van der Waals surface area contributed by atoms with Crippen molar-refractivity contribution >= 4 is 17.7 Å². The van der Waals surface area contributed by atoms with Gasteiger partial charge in [-0.25, -0.2) is 0 Å². The van der Waals surface area contributed by atoms with Crippen LogP contribution in [0.5, 0.6) is 11.5 Å². The Bertz CT molecular complexity index is 404. The molecule has 1 aromatic carbocycles. The van der Waals surface area contributed by atoms with E-state index in [0.29, 0.717) is 17.9 Å². The van der Waals surface area contributed by atoms with Gasteiger partial charge >= 0.3 is 5.97 Å². The van der Waals surface area contributed by atoms with Gasteiger partial charge in [-0.2, -0.15) is 0 Å². The smallest absolute Gasteiger partial charge is 0.311 e. The maximum atomic E-state index is 11.0. The van der Waals surface area contributed by atoms with Crippen molar-refractivity contribution in [3.8, 4) is 11.5 Å². The number of methoxy groups -OCH3 is 2. The summed E-state index contributed by atoms with van der Waals surface area (Å²) in [4.78, 5) is 11.0. The van der Waals surface area contributed by atoms with Crippen LogP contribution in [0.15, 0.2) is 24.3 Å². The van der Waals surface area contributed by atoms with E-state index in [-0.39, 0.29) is 12.3 Å². The largest absolute Gasteiger partial charge is 0.493 e. The molecule has 20 heavy (non-hydrogen) atoms. The van der Waals surface area contributed by atoms with Gasteiger partial charge in [0.05, 0.1) is 13.0 Å². The van der Waals surface area contributed by atoms with Gasteiger partial charge in [0.2, 0.25) is 0 Å². The van der Waals surface area contributed by atoms with E-state index in [1.165, 1.54) is 0 Å². The number of benzene rings is 1. The second-order valence-corrected chi connectivity index (χ2v) is 4.78. The highest BCUT2D eigenvalue weighted by molar-refractivity contribution is 7.99. The van der Waals surface area contributed by atoms with Gasteiger partial charge in [-0.15, -0.1) is 11.8 Å². The molecule has 0 N–H and O–H groups in total. The fraction of sp³-hybridized carbons (Fsp3) is 0.500. The third kappa shape index (κ3) is 5.81. The number of thioether (sulfide) groups is 1. The van der Waals surface area contributed by atoms with Crippen LogP contribution in [0, 0.1) is 0 Å². The molecule has 1 atom stereocenters. The van der Waals surface area contributed by atoms with Crippen LogP contribution in [-0.4, -0.2) is 38.2 Å². The first-order valence-electron chi connectivity index (χ1n) is 6.27. The lowest BCUT2D eigenvalue weighted by atomic mass is 10.3. The molecular weight excluding hydrogens is 280 g/mol. The third-order valence-corrected chi connectivity index (χ3v) is 3.25. The molecule has 5 nitrogen and oxygen atoms in total. The van der Waals surface area contributed by atoms with Crippen LogP contribution in [0.25, 0.3) is 0 Å². The number of rotatable bonds is 4. The van der Waals surface area contributed by atoms with Crippen molar-refractivity contribution in [2.45, 2.75) is 19.6 Å². The van der Waals surface area contributed by atoms with E-state index in [1.54, 1.807) is 51.1 Å². The van der Waals surface area contributed by atoms with Crippen molar-refractivity contribution in [2.24, 2.45) is 0 Å². The molecule has 0 bridgehead atoms. The molecule has 1 aliphatic rings. The van der Waals surface area contributed by atoms with E-state index in [1.807, 2.05) is 6.07 Å². The molecule has 0 spiro atoms. The van der Waals surface area contributed by atoms with Gasteiger partial charge in [0, 0.05) is 19.3 Å². The van der Waals surface area contributed by atoms with Gasteiger partial charge in [-0.05, 0) is 12.1 Å². The average Bonchev–Trinajstić information content (AvgIpc) is 3.01. The molecule has 1 fully saturated rings. The minimum Gasteiger partial charge on any atom is -0.493 e. The second-order valence-electron chi connectivity index (χ2n) is 3.80. The Balaban J connectivity index is 0.000000240. The lowest BCUT2D eigenvalue weighted by Gasteiger charge is -2.07. The fourth-order valence-corrected chi connectivity index (χ4v) is 2.12. The Morgan fingerprint density at radius 1 is 1.35 bits per heavy atom. The van der Waals surface area contributed by atoms with Gasteiger partial charge < -0.3 is 18.9 Å². The molecule has 1 aliphatic heterocycles. The quantitative estimate of drug-likeness (QED) is 0.629. The Morgan fingerprint density at radius 2 is 2.05 bits per heavy atom. The van der Waals surface area contributed by atoms with Crippen molar-refractivity contribution in [3.05, 3.63) is 24.3 Å². The zero-order valence-electron chi connectivity index (χ0n) is 12.0. The van der Waals surface area contributed by atoms with E-state index in [4.69, 9.17) is 18.9 Å². The van der Waals surface area contributed by atoms with E-state index < -0.39 is 0 Å². The summed E-state index contributed by atoms with van der Waals surface area (Å²) in [5.41, 5.74) is 0. The standard InChI is InChI=1S/C10H12O3.C4H8O2S/c1-3-10(11)13-9-7-5-4-6-8(9)12-2;1-5-4-2-7-3-6-4/h4-7H,3H2,1-2H3;4H,2-3H2,1H3. The SMILES string of the molecule is CCC(=O)Oc1ccccc1OC.COC1CSCO1. The van der Waals surface area contributed by atoms with Crippen molar-refractivity contribution < 1.29 is 23.7 Å². The highest BCUT2D eigenvalue weighted by atomic mass is 32.2. The molecule has 0 aromatic heterocycles. The molecule has 0 saturated carbocycles. The summed E-state index contributed by atoms with van der Waals surface area (Å²) in [7, 11) is 3.20. The van der Waals surface area contributed by atoms with Gasteiger partial charge in [0.25, 0.3) is 0 Å².